The zero-order chi connectivity index (χ0) is 10.2. The van der Waals surface area contributed by atoms with E-state index in [1.165, 1.54) is 7.05 Å². The predicted octanol–water partition coefficient (Wildman–Crippen LogP) is 0.216. The van der Waals surface area contributed by atoms with E-state index in [2.05, 4.69) is 0 Å². The first-order valence-corrected chi connectivity index (χ1v) is 4.17. The monoisotopic (exact) mass is 183 g/mol. The third-order valence-electron chi connectivity index (χ3n) is 2.58. The lowest BCUT2D eigenvalue weighted by molar-refractivity contribution is -0.140. The quantitative estimate of drug-likeness (QED) is 0.454. The smallest absolute Gasteiger partial charge is 0.233 e. The van der Waals surface area contributed by atoms with Crippen molar-refractivity contribution in [3.63, 3.8) is 0 Å². The van der Waals surface area contributed by atoms with Crippen molar-refractivity contribution >= 4 is 18.1 Å². The number of carbonyl (C=O) groups excluding carboxylic acids is 3. The van der Waals surface area contributed by atoms with Gasteiger partial charge in [-0.2, -0.15) is 0 Å². The molecule has 0 aliphatic carbocycles. The molecule has 4 heteroatoms. The molecule has 1 atom stereocenters. The van der Waals surface area contributed by atoms with Gasteiger partial charge in [0.2, 0.25) is 11.8 Å². The minimum absolute atomic E-state index is 0.154. The average Bonchev–Trinajstić information content (AvgIpc) is 2.33. The summed E-state index contributed by atoms with van der Waals surface area (Å²) >= 11 is 0. The SMILES string of the molecule is CN1C(=O)C[C@@H](C(C)(C)C=O)C1=O. The van der Waals surface area contributed by atoms with Crippen LogP contribution in [0, 0.1) is 11.3 Å². The van der Waals surface area contributed by atoms with Gasteiger partial charge >= 0.3 is 0 Å². The highest BCUT2D eigenvalue weighted by molar-refractivity contribution is 6.04. The largest absolute Gasteiger partial charge is 0.303 e. The van der Waals surface area contributed by atoms with Crippen molar-refractivity contribution in [2.75, 3.05) is 7.05 Å². The van der Waals surface area contributed by atoms with Gasteiger partial charge in [0.15, 0.2) is 0 Å². The molecule has 1 fully saturated rings. The molecule has 0 aromatic rings. The average molecular weight is 183 g/mol. The van der Waals surface area contributed by atoms with Crippen LogP contribution in [0.5, 0.6) is 0 Å². The summed E-state index contributed by atoms with van der Waals surface area (Å²) in [7, 11) is 1.45. The van der Waals surface area contributed by atoms with Crippen molar-refractivity contribution in [3.05, 3.63) is 0 Å². The molecule has 0 spiro atoms. The van der Waals surface area contributed by atoms with Crippen LogP contribution in [0.2, 0.25) is 0 Å². The van der Waals surface area contributed by atoms with E-state index in [9.17, 15) is 14.4 Å². The van der Waals surface area contributed by atoms with Gasteiger partial charge in [0.25, 0.3) is 0 Å². The molecule has 0 aromatic heterocycles. The summed E-state index contributed by atoms with van der Waals surface area (Å²) in [5, 5.41) is 0. The highest BCUT2D eigenvalue weighted by Crippen LogP contribution is 2.33. The number of hydrogen-bond acceptors (Lipinski definition) is 3. The van der Waals surface area contributed by atoms with Crippen LogP contribution in [-0.4, -0.2) is 30.0 Å². The zero-order valence-electron chi connectivity index (χ0n) is 8.03. The summed E-state index contributed by atoms with van der Waals surface area (Å²) in [5.41, 5.74) is -0.739. The van der Waals surface area contributed by atoms with E-state index in [0.717, 1.165) is 11.2 Å². The summed E-state index contributed by atoms with van der Waals surface area (Å²) in [6, 6.07) is 0. The number of amides is 2. The number of hydrogen-bond donors (Lipinski definition) is 0. The van der Waals surface area contributed by atoms with Crippen molar-refractivity contribution in [2.24, 2.45) is 11.3 Å². The van der Waals surface area contributed by atoms with Crippen molar-refractivity contribution in [1.82, 2.24) is 4.90 Å². The standard InChI is InChI=1S/C9H13NO3/c1-9(2,5-11)6-4-7(12)10(3)8(6)13/h5-6H,4H2,1-3H3/t6-/m1/s1. The van der Waals surface area contributed by atoms with E-state index >= 15 is 0 Å². The Morgan fingerprint density at radius 2 is 2.00 bits per heavy atom. The first kappa shape index (κ1) is 9.89. The third kappa shape index (κ3) is 1.48. The zero-order valence-corrected chi connectivity index (χ0v) is 8.03. The maximum Gasteiger partial charge on any atom is 0.233 e. The van der Waals surface area contributed by atoms with E-state index in [1.54, 1.807) is 13.8 Å². The molecule has 0 bridgehead atoms. The van der Waals surface area contributed by atoms with E-state index in [1.807, 2.05) is 0 Å². The molecule has 4 nitrogen and oxygen atoms in total. The summed E-state index contributed by atoms with van der Waals surface area (Å²) in [6.45, 7) is 3.35. The van der Waals surface area contributed by atoms with Crippen LogP contribution in [0.15, 0.2) is 0 Å². The van der Waals surface area contributed by atoms with Crippen molar-refractivity contribution in [1.29, 1.82) is 0 Å². The number of rotatable bonds is 2. The van der Waals surface area contributed by atoms with Crippen molar-refractivity contribution < 1.29 is 14.4 Å². The van der Waals surface area contributed by atoms with Gasteiger partial charge in [0.1, 0.15) is 6.29 Å². The molecule has 1 saturated heterocycles. The van der Waals surface area contributed by atoms with Gasteiger partial charge in [-0.3, -0.25) is 14.5 Å². The van der Waals surface area contributed by atoms with Gasteiger partial charge in [-0.15, -0.1) is 0 Å². The lowest BCUT2D eigenvalue weighted by atomic mass is 9.79. The van der Waals surface area contributed by atoms with Gasteiger partial charge in [-0.1, -0.05) is 13.8 Å². The molecule has 1 rings (SSSR count). The van der Waals surface area contributed by atoms with Crippen LogP contribution < -0.4 is 0 Å². The van der Waals surface area contributed by atoms with E-state index in [0.29, 0.717) is 0 Å². The van der Waals surface area contributed by atoms with Crippen LogP contribution >= 0.6 is 0 Å². The number of carbonyl (C=O) groups is 3. The fourth-order valence-corrected chi connectivity index (χ4v) is 1.42. The maximum atomic E-state index is 11.5. The Balaban J connectivity index is 2.92. The van der Waals surface area contributed by atoms with Crippen LogP contribution in [0.1, 0.15) is 20.3 Å². The number of aldehydes is 1. The molecule has 0 aromatic carbocycles. The molecule has 0 saturated carbocycles. The molecule has 2 amide bonds. The van der Waals surface area contributed by atoms with Crippen LogP contribution in [0.4, 0.5) is 0 Å². The van der Waals surface area contributed by atoms with E-state index in [4.69, 9.17) is 0 Å². The normalized spacial score (nSPS) is 23.9. The van der Waals surface area contributed by atoms with Crippen LogP contribution in [0.25, 0.3) is 0 Å². The molecule has 72 valence electrons. The molecule has 0 radical (unpaired) electrons. The Morgan fingerprint density at radius 1 is 1.46 bits per heavy atom. The topological polar surface area (TPSA) is 54.5 Å². The van der Waals surface area contributed by atoms with Crippen LogP contribution in [-0.2, 0) is 14.4 Å². The van der Waals surface area contributed by atoms with Crippen molar-refractivity contribution in [3.8, 4) is 0 Å². The number of imide groups is 1. The van der Waals surface area contributed by atoms with Gasteiger partial charge in [-0.25, -0.2) is 0 Å². The second-order valence-electron chi connectivity index (χ2n) is 3.99. The summed E-state index contributed by atoms with van der Waals surface area (Å²) < 4.78 is 0. The fraction of sp³-hybridized carbons (Fsp3) is 0.667. The first-order chi connectivity index (χ1) is 5.90. The molecule has 13 heavy (non-hydrogen) atoms. The van der Waals surface area contributed by atoms with E-state index < -0.39 is 11.3 Å². The number of nitrogens with zero attached hydrogens (tertiary/aromatic N) is 1. The highest BCUT2D eigenvalue weighted by atomic mass is 16.2. The lowest BCUT2D eigenvalue weighted by Crippen LogP contribution is -2.33. The Bertz CT molecular complexity index is 270. The van der Waals surface area contributed by atoms with Gasteiger partial charge in [-0.05, 0) is 0 Å². The maximum absolute atomic E-state index is 11.5. The fourth-order valence-electron chi connectivity index (χ4n) is 1.42. The lowest BCUT2D eigenvalue weighted by Gasteiger charge is -2.22. The minimum atomic E-state index is -0.739. The Kier molecular flexibility index (Phi) is 2.24. The third-order valence-corrected chi connectivity index (χ3v) is 2.58. The number of likely N-dealkylation sites (tertiary alicyclic amines) is 1. The summed E-state index contributed by atoms with van der Waals surface area (Å²) in [6.07, 6.45) is 0.892. The van der Waals surface area contributed by atoms with Crippen LogP contribution in [0.3, 0.4) is 0 Å². The predicted molar refractivity (Wildman–Crippen MR) is 45.7 cm³/mol. The Morgan fingerprint density at radius 3 is 2.31 bits per heavy atom. The summed E-state index contributed by atoms with van der Waals surface area (Å²) in [5.74, 6) is -0.936. The van der Waals surface area contributed by atoms with Gasteiger partial charge < -0.3 is 4.79 Å². The summed E-state index contributed by atoms with van der Waals surface area (Å²) in [4.78, 5) is 34.4. The van der Waals surface area contributed by atoms with Crippen molar-refractivity contribution in [2.45, 2.75) is 20.3 Å². The Hall–Kier alpha value is -1.19. The Labute approximate surface area is 76.9 Å². The molecule has 1 aliphatic rings. The molecule has 0 N–H and O–H groups in total. The van der Waals surface area contributed by atoms with E-state index in [-0.39, 0.29) is 18.2 Å². The second kappa shape index (κ2) is 2.94. The highest BCUT2D eigenvalue weighted by Gasteiger charge is 2.44. The molecule has 1 aliphatic heterocycles. The molecule has 0 unspecified atom stereocenters. The molecular weight excluding hydrogens is 170 g/mol. The molecular formula is C9H13NO3. The second-order valence-corrected chi connectivity index (χ2v) is 3.99. The first-order valence-electron chi connectivity index (χ1n) is 4.17. The minimum Gasteiger partial charge on any atom is -0.303 e. The molecule has 1 heterocycles. The van der Waals surface area contributed by atoms with Gasteiger partial charge in [0, 0.05) is 18.9 Å². The van der Waals surface area contributed by atoms with Gasteiger partial charge in [0.05, 0.1) is 5.92 Å².